The Kier molecular flexibility index (Phi) is 2.79. The Bertz CT molecular complexity index is 481. The molecular weight excluding hydrogens is 208 g/mol. The Labute approximate surface area is 91.1 Å². The maximum atomic E-state index is 11.8. The number of nitrogens with one attached hydrogen (secondary N) is 3. The molecule has 0 fully saturated rings. The first-order chi connectivity index (χ1) is 7.81. The van der Waals surface area contributed by atoms with Crippen LogP contribution in [0.3, 0.4) is 0 Å². The number of nitrogen functional groups attached to an aromatic ring is 1. The van der Waals surface area contributed by atoms with Gasteiger partial charge in [-0.1, -0.05) is 0 Å². The van der Waals surface area contributed by atoms with Crippen molar-refractivity contribution < 1.29 is 4.79 Å². The van der Waals surface area contributed by atoms with E-state index >= 15 is 0 Å². The number of nitrogens with two attached hydrogens (primary N) is 1. The fourth-order valence-corrected chi connectivity index (χ4v) is 1.21. The lowest BCUT2D eigenvalue weighted by Crippen LogP contribution is -2.18. The van der Waals surface area contributed by atoms with Crippen molar-refractivity contribution in [3.63, 3.8) is 0 Å². The molecule has 16 heavy (non-hydrogen) atoms. The first-order valence-corrected chi connectivity index (χ1v) is 4.52. The largest absolute Gasteiger partial charge is 0.331 e. The number of anilines is 2. The SMILES string of the molecule is NNc1ccncc1C(=O)Nc1ncc[nH]1. The molecule has 2 heterocycles. The molecule has 2 aromatic rings. The van der Waals surface area contributed by atoms with E-state index in [1.165, 1.54) is 6.20 Å². The molecule has 1 amide bonds. The van der Waals surface area contributed by atoms with E-state index in [0.717, 1.165) is 0 Å². The van der Waals surface area contributed by atoms with Gasteiger partial charge in [0.2, 0.25) is 5.95 Å². The predicted octanol–water partition coefficient (Wildman–Crippen LogP) is 0.343. The summed E-state index contributed by atoms with van der Waals surface area (Å²) in [5.74, 6) is 5.32. The maximum absolute atomic E-state index is 11.8. The molecule has 5 N–H and O–H groups in total. The molecule has 0 saturated heterocycles. The Morgan fingerprint density at radius 2 is 2.31 bits per heavy atom. The van der Waals surface area contributed by atoms with E-state index in [1.54, 1.807) is 24.7 Å². The van der Waals surface area contributed by atoms with Crippen LogP contribution in [0.15, 0.2) is 30.9 Å². The van der Waals surface area contributed by atoms with Crippen LogP contribution in [0.4, 0.5) is 11.6 Å². The fraction of sp³-hybridized carbons (Fsp3) is 0. The first-order valence-electron chi connectivity index (χ1n) is 4.52. The Morgan fingerprint density at radius 3 is 3.00 bits per heavy atom. The second-order valence-corrected chi connectivity index (χ2v) is 2.96. The monoisotopic (exact) mass is 218 g/mol. The summed E-state index contributed by atoms with van der Waals surface area (Å²) >= 11 is 0. The number of hydrogen-bond acceptors (Lipinski definition) is 5. The zero-order chi connectivity index (χ0) is 11.4. The normalized spacial score (nSPS) is 9.81. The van der Waals surface area contributed by atoms with E-state index in [2.05, 4.69) is 25.7 Å². The quantitative estimate of drug-likeness (QED) is 0.439. The van der Waals surface area contributed by atoms with Crippen LogP contribution in [0.25, 0.3) is 0 Å². The minimum atomic E-state index is -0.337. The number of hydrazine groups is 1. The zero-order valence-corrected chi connectivity index (χ0v) is 8.27. The van der Waals surface area contributed by atoms with E-state index < -0.39 is 0 Å². The van der Waals surface area contributed by atoms with E-state index in [9.17, 15) is 4.79 Å². The van der Waals surface area contributed by atoms with Gasteiger partial charge in [-0.2, -0.15) is 0 Å². The molecule has 82 valence electrons. The van der Waals surface area contributed by atoms with E-state index in [0.29, 0.717) is 17.2 Å². The Hall–Kier alpha value is -2.41. The zero-order valence-electron chi connectivity index (χ0n) is 8.27. The third-order valence-electron chi connectivity index (χ3n) is 1.95. The topological polar surface area (TPSA) is 109 Å². The molecule has 0 aliphatic carbocycles. The molecule has 0 spiro atoms. The van der Waals surface area contributed by atoms with Crippen molar-refractivity contribution in [2.45, 2.75) is 0 Å². The lowest BCUT2D eigenvalue weighted by molar-refractivity contribution is 0.102. The van der Waals surface area contributed by atoms with Gasteiger partial charge in [0.15, 0.2) is 0 Å². The van der Waals surface area contributed by atoms with Gasteiger partial charge in [-0.15, -0.1) is 0 Å². The van der Waals surface area contributed by atoms with Crippen LogP contribution in [0.2, 0.25) is 0 Å². The minimum absolute atomic E-state index is 0.337. The smallest absolute Gasteiger partial charge is 0.261 e. The van der Waals surface area contributed by atoms with Gasteiger partial charge in [0.25, 0.3) is 5.91 Å². The molecule has 0 aliphatic heterocycles. The summed E-state index contributed by atoms with van der Waals surface area (Å²) in [6.45, 7) is 0. The standard InChI is InChI=1S/C9H10N6O/c10-15-7-1-2-11-5-6(7)8(16)14-9-12-3-4-13-9/h1-5H,10H2,(H,11,15)(H2,12,13,14,16). The summed E-state index contributed by atoms with van der Waals surface area (Å²) in [5, 5.41) is 2.57. The van der Waals surface area contributed by atoms with Crippen LogP contribution >= 0.6 is 0 Å². The molecule has 0 atom stereocenters. The number of imidazole rings is 1. The number of carbonyl (C=O) groups is 1. The number of carbonyl (C=O) groups excluding carboxylic acids is 1. The van der Waals surface area contributed by atoms with Gasteiger partial charge >= 0.3 is 0 Å². The van der Waals surface area contributed by atoms with Crippen LogP contribution in [-0.2, 0) is 0 Å². The third-order valence-corrected chi connectivity index (χ3v) is 1.95. The van der Waals surface area contributed by atoms with Crippen molar-refractivity contribution >= 4 is 17.5 Å². The number of nitrogens with zero attached hydrogens (tertiary/aromatic N) is 2. The first kappa shape index (κ1) is 10.1. The minimum Gasteiger partial charge on any atom is -0.331 e. The molecule has 0 saturated carbocycles. The van der Waals surface area contributed by atoms with Gasteiger partial charge in [0.1, 0.15) is 0 Å². The van der Waals surface area contributed by atoms with Crippen molar-refractivity contribution in [1.82, 2.24) is 15.0 Å². The second kappa shape index (κ2) is 4.41. The van der Waals surface area contributed by atoms with Crippen LogP contribution in [0.1, 0.15) is 10.4 Å². The van der Waals surface area contributed by atoms with E-state index in [4.69, 9.17) is 5.84 Å². The van der Waals surface area contributed by atoms with Gasteiger partial charge < -0.3 is 10.4 Å². The van der Waals surface area contributed by atoms with E-state index in [-0.39, 0.29) is 5.91 Å². The van der Waals surface area contributed by atoms with Crippen LogP contribution in [-0.4, -0.2) is 20.9 Å². The maximum Gasteiger partial charge on any atom is 0.261 e. The van der Waals surface area contributed by atoms with Gasteiger partial charge in [0, 0.05) is 24.8 Å². The number of amides is 1. The van der Waals surface area contributed by atoms with Gasteiger partial charge in [-0.3, -0.25) is 20.9 Å². The molecule has 0 aromatic carbocycles. The van der Waals surface area contributed by atoms with Crippen molar-refractivity contribution in [3.8, 4) is 0 Å². The van der Waals surface area contributed by atoms with Gasteiger partial charge in [0.05, 0.1) is 11.3 Å². The lowest BCUT2D eigenvalue weighted by atomic mass is 10.2. The third kappa shape index (κ3) is 1.98. The molecule has 0 radical (unpaired) electrons. The van der Waals surface area contributed by atoms with Crippen molar-refractivity contribution in [2.75, 3.05) is 10.7 Å². The molecule has 0 bridgehead atoms. The summed E-state index contributed by atoms with van der Waals surface area (Å²) in [6, 6.07) is 1.61. The van der Waals surface area contributed by atoms with Crippen LogP contribution < -0.4 is 16.6 Å². The van der Waals surface area contributed by atoms with Crippen LogP contribution in [0.5, 0.6) is 0 Å². The average molecular weight is 218 g/mol. The molecule has 0 unspecified atom stereocenters. The number of hydrogen-bond donors (Lipinski definition) is 4. The average Bonchev–Trinajstić information content (AvgIpc) is 2.81. The molecule has 2 aromatic heterocycles. The lowest BCUT2D eigenvalue weighted by Gasteiger charge is -2.06. The van der Waals surface area contributed by atoms with Crippen molar-refractivity contribution in [1.29, 1.82) is 0 Å². The summed E-state index contributed by atoms with van der Waals surface area (Å²) in [4.78, 5) is 22.3. The number of aromatic amines is 1. The number of H-pyrrole nitrogens is 1. The molecule has 0 aliphatic rings. The van der Waals surface area contributed by atoms with Crippen molar-refractivity contribution in [2.24, 2.45) is 5.84 Å². The molecule has 7 heteroatoms. The summed E-state index contributed by atoms with van der Waals surface area (Å²) in [7, 11) is 0. The highest BCUT2D eigenvalue weighted by atomic mass is 16.1. The molecule has 2 rings (SSSR count). The highest BCUT2D eigenvalue weighted by molar-refractivity contribution is 6.06. The molecule has 7 nitrogen and oxygen atoms in total. The molecular formula is C9H10N6O. The summed E-state index contributed by atoms with van der Waals surface area (Å²) in [5.41, 5.74) is 3.27. The Morgan fingerprint density at radius 1 is 1.44 bits per heavy atom. The second-order valence-electron chi connectivity index (χ2n) is 2.96. The summed E-state index contributed by atoms with van der Waals surface area (Å²) < 4.78 is 0. The van der Waals surface area contributed by atoms with Crippen molar-refractivity contribution in [3.05, 3.63) is 36.4 Å². The predicted molar refractivity (Wildman–Crippen MR) is 58.6 cm³/mol. The van der Waals surface area contributed by atoms with E-state index in [1.807, 2.05) is 0 Å². The fourth-order valence-electron chi connectivity index (χ4n) is 1.21. The van der Waals surface area contributed by atoms with Crippen LogP contribution in [0, 0.1) is 0 Å². The number of rotatable bonds is 3. The highest BCUT2D eigenvalue weighted by Gasteiger charge is 2.11. The summed E-state index contributed by atoms with van der Waals surface area (Å²) in [6.07, 6.45) is 6.12. The van der Waals surface area contributed by atoms with Gasteiger partial charge in [-0.05, 0) is 6.07 Å². The number of pyridine rings is 1. The highest BCUT2D eigenvalue weighted by Crippen LogP contribution is 2.13. The number of aromatic nitrogens is 3. The Balaban J connectivity index is 2.21. The van der Waals surface area contributed by atoms with Gasteiger partial charge in [-0.25, -0.2) is 4.98 Å².